The van der Waals surface area contributed by atoms with Crippen molar-refractivity contribution >= 4 is 45.9 Å². The van der Waals surface area contributed by atoms with Gasteiger partial charge in [0.2, 0.25) is 5.91 Å². The lowest BCUT2D eigenvalue weighted by atomic mass is 9.85. The Morgan fingerprint density at radius 2 is 1.58 bits per heavy atom. The largest absolute Gasteiger partial charge is 0.481 e. The molecule has 1 saturated heterocycles. The second kappa shape index (κ2) is 12.6. The van der Waals surface area contributed by atoms with Crippen LogP contribution in [0.2, 0.25) is 10.0 Å². The van der Waals surface area contributed by atoms with E-state index < -0.39 is 22.7 Å². The zero-order chi connectivity index (χ0) is 26.5. The van der Waals surface area contributed by atoms with Gasteiger partial charge in [-0.05, 0) is 82.2 Å². The van der Waals surface area contributed by atoms with Crippen LogP contribution in [0, 0.1) is 11.8 Å². The van der Waals surface area contributed by atoms with Crippen molar-refractivity contribution in [1.29, 1.82) is 0 Å². The van der Waals surface area contributed by atoms with Gasteiger partial charge in [-0.3, -0.25) is 13.8 Å². The van der Waals surface area contributed by atoms with Gasteiger partial charge in [0.25, 0.3) is 0 Å². The number of carboxylic acids is 1. The zero-order valence-corrected chi connectivity index (χ0v) is 23.4. The Kier molecular flexibility index (Phi) is 10.0. The molecule has 1 amide bonds. The molecule has 1 aliphatic heterocycles. The van der Waals surface area contributed by atoms with E-state index in [0.717, 1.165) is 23.4 Å². The van der Waals surface area contributed by atoms with Crippen molar-refractivity contribution in [3.8, 4) is 0 Å². The highest BCUT2D eigenvalue weighted by Gasteiger charge is 2.46. The Balaban J connectivity index is 0.000000444. The first kappa shape index (κ1) is 28.7. The fourth-order valence-electron chi connectivity index (χ4n) is 4.54. The second-order valence-electron chi connectivity index (χ2n) is 10.5. The molecule has 0 spiro atoms. The minimum atomic E-state index is -1.09. The van der Waals surface area contributed by atoms with Gasteiger partial charge in [0.15, 0.2) is 0 Å². The van der Waals surface area contributed by atoms with E-state index in [-0.39, 0.29) is 29.2 Å². The number of benzene rings is 2. The number of hydrogen-bond donors (Lipinski definition) is 1. The number of amides is 1. The number of rotatable bonds is 7. The van der Waals surface area contributed by atoms with Crippen LogP contribution >= 0.6 is 23.2 Å². The van der Waals surface area contributed by atoms with E-state index in [1.54, 1.807) is 0 Å². The van der Waals surface area contributed by atoms with Gasteiger partial charge in [0, 0.05) is 43.3 Å². The maximum absolute atomic E-state index is 13.5. The van der Waals surface area contributed by atoms with Crippen molar-refractivity contribution in [2.24, 2.45) is 11.8 Å². The normalized spacial score (nSPS) is 21.8. The third-order valence-corrected chi connectivity index (χ3v) is 9.18. The lowest BCUT2D eigenvalue weighted by Crippen LogP contribution is -2.53. The molecule has 4 atom stereocenters. The fraction of sp³-hybridized carbons (Fsp3) is 0.500. The predicted molar refractivity (Wildman–Crippen MR) is 147 cm³/mol. The first-order valence-corrected chi connectivity index (χ1v) is 14.4. The van der Waals surface area contributed by atoms with Crippen molar-refractivity contribution in [1.82, 2.24) is 4.90 Å². The summed E-state index contributed by atoms with van der Waals surface area (Å²) in [6.07, 6.45) is 3.15. The van der Waals surface area contributed by atoms with Crippen molar-refractivity contribution in [3.63, 3.8) is 0 Å². The molecule has 0 radical (unpaired) electrons. The molecule has 2 aromatic carbocycles. The Hall–Kier alpha value is -1.89. The molecular weight excluding hydrogens is 517 g/mol. The minimum Gasteiger partial charge on any atom is -0.481 e. The van der Waals surface area contributed by atoms with Gasteiger partial charge in [-0.25, -0.2) is 0 Å². The molecule has 1 N–H and O–H groups in total. The van der Waals surface area contributed by atoms with E-state index >= 15 is 0 Å². The summed E-state index contributed by atoms with van der Waals surface area (Å²) >= 11 is 11.6. The van der Waals surface area contributed by atoms with E-state index in [4.69, 9.17) is 23.2 Å². The maximum Gasteiger partial charge on any atom is 0.304 e. The lowest BCUT2D eigenvalue weighted by Gasteiger charge is -2.44. The molecule has 4 unspecified atom stereocenters. The van der Waals surface area contributed by atoms with Crippen LogP contribution in [0.25, 0.3) is 0 Å². The minimum absolute atomic E-state index is 0.110. The maximum atomic E-state index is 13.5. The number of likely N-dealkylation sites (tertiary alicyclic amines) is 1. The number of halogens is 2. The standard InChI is InChI=1S/C22H30ClNO4S.C6H5Cl/c1-22(2,3)29(28)13-19(15-4-5-15)24-18(14-6-9-17(23)10-7-14)11-8-16(21(24)27)12-20(25)26;7-6-4-2-1-3-5-6/h6-7,9-10,15-16,18-19H,4-5,8,11-13H2,1-3H3,(H,25,26);1-5H. The van der Waals surface area contributed by atoms with Crippen molar-refractivity contribution in [2.75, 3.05) is 5.75 Å². The molecule has 36 heavy (non-hydrogen) atoms. The highest BCUT2D eigenvalue weighted by atomic mass is 35.5. The van der Waals surface area contributed by atoms with Gasteiger partial charge in [0.05, 0.1) is 12.5 Å². The van der Waals surface area contributed by atoms with Gasteiger partial charge in [-0.2, -0.15) is 0 Å². The Bertz CT molecular complexity index is 1050. The number of carbonyl (C=O) groups excluding carboxylic acids is 1. The molecule has 1 aliphatic carbocycles. The molecule has 0 aromatic heterocycles. The summed E-state index contributed by atoms with van der Waals surface area (Å²) in [5.41, 5.74) is 1.00. The number of hydrogen-bond acceptors (Lipinski definition) is 3. The molecule has 196 valence electrons. The number of piperidine rings is 1. The molecule has 2 aromatic rings. The van der Waals surface area contributed by atoms with Crippen molar-refractivity contribution in [3.05, 3.63) is 70.2 Å². The Morgan fingerprint density at radius 3 is 2.06 bits per heavy atom. The first-order chi connectivity index (χ1) is 17.0. The van der Waals surface area contributed by atoms with E-state index in [1.807, 2.05) is 80.3 Å². The summed E-state index contributed by atoms with van der Waals surface area (Å²) in [5.74, 6) is -0.802. The zero-order valence-electron chi connectivity index (χ0n) is 21.0. The van der Waals surface area contributed by atoms with E-state index in [2.05, 4.69) is 0 Å². The highest BCUT2D eigenvalue weighted by Crippen LogP contribution is 2.44. The monoisotopic (exact) mass is 551 g/mol. The van der Waals surface area contributed by atoms with Crippen LogP contribution in [-0.2, 0) is 20.4 Å². The van der Waals surface area contributed by atoms with Crippen molar-refractivity contribution < 1.29 is 18.9 Å². The molecule has 2 aliphatic rings. The van der Waals surface area contributed by atoms with Crippen LogP contribution in [0.15, 0.2) is 54.6 Å². The molecule has 8 heteroatoms. The van der Waals surface area contributed by atoms with Gasteiger partial charge in [-0.15, -0.1) is 0 Å². The third-order valence-electron chi connectivity index (χ3n) is 6.67. The number of nitrogens with zero attached hydrogens (tertiary/aromatic N) is 1. The fourth-order valence-corrected chi connectivity index (χ4v) is 6.05. The summed E-state index contributed by atoms with van der Waals surface area (Å²) in [4.78, 5) is 26.6. The first-order valence-electron chi connectivity index (χ1n) is 12.4. The Labute approximate surface area is 226 Å². The second-order valence-corrected chi connectivity index (χ2v) is 13.6. The van der Waals surface area contributed by atoms with Crippen LogP contribution in [0.5, 0.6) is 0 Å². The van der Waals surface area contributed by atoms with Crippen LogP contribution in [0.3, 0.4) is 0 Å². The van der Waals surface area contributed by atoms with Crippen LogP contribution in [0.1, 0.15) is 64.5 Å². The average molecular weight is 553 g/mol. The van der Waals surface area contributed by atoms with Gasteiger partial charge in [-0.1, -0.05) is 53.5 Å². The third kappa shape index (κ3) is 8.06. The van der Waals surface area contributed by atoms with Crippen molar-refractivity contribution in [2.45, 2.75) is 69.7 Å². The molecule has 4 rings (SSSR count). The predicted octanol–water partition coefficient (Wildman–Crippen LogP) is 6.76. The Morgan fingerprint density at radius 1 is 1.00 bits per heavy atom. The molecule has 2 fully saturated rings. The SMILES string of the molecule is CC(C)(C)S(=O)CC(C1CC1)N1C(=O)C(CC(=O)O)CCC1c1ccc(Cl)cc1.Clc1ccccc1. The summed E-state index contributed by atoms with van der Waals surface area (Å²) in [6, 6.07) is 16.7. The average Bonchev–Trinajstić information content (AvgIpc) is 3.65. The molecule has 1 heterocycles. The topological polar surface area (TPSA) is 74.7 Å². The van der Waals surface area contributed by atoms with Crippen LogP contribution < -0.4 is 0 Å². The van der Waals surface area contributed by atoms with Gasteiger partial charge < -0.3 is 10.0 Å². The summed E-state index contributed by atoms with van der Waals surface area (Å²) in [7, 11) is -1.09. The summed E-state index contributed by atoms with van der Waals surface area (Å²) in [6.45, 7) is 5.86. The smallest absolute Gasteiger partial charge is 0.304 e. The van der Waals surface area contributed by atoms with E-state index in [9.17, 15) is 18.9 Å². The lowest BCUT2D eigenvalue weighted by molar-refractivity contribution is -0.151. The van der Waals surface area contributed by atoms with E-state index in [0.29, 0.717) is 29.5 Å². The number of aliphatic carboxylic acids is 1. The molecule has 1 saturated carbocycles. The number of carboxylic acid groups (broad SMARTS) is 1. The molecule has 5 nitrogen and oxygen atoms in total. The van der Waals surface area contributed by atoms with Gasteiger partial charge in [0.1, 0.15) is 0 Å². The quantitative estimate of drug-likeness (QED) is 0.412. The van der Waals surface area contributed by atoms with E-state index in [1.165, 1.54) is 0 Å². The molecule has 0 bridgehead atoms. The summed E-state index contributed by atoms with van der Waals surface area (Å²) in [5, 5.41) is 10.7. The molecular formula is C28H35Cl2NO4S. The van der Waals surface area contributed by atoms with Gasteiger partial charge >= 0.3 is 5.97 Å². The summed E-state index contributed by atoms with van der Waals surface area (Å²) < 4.78 is 12.6. The number of carbonyl (C=O) groups is 2. The van der Waals surface area contributed by atoms with Crippen LogP contribution in [0.4, 0.5) is 0 Å². The van der Waals surface area contributed by atoms with Crippen LogP contribution in [-0.4, -0.2) is 42.6 Å². The highest BCUT2D eigenvalue weighted by molar-refractivity contribution is 7.86.